The third-order valence-corrected chi connectivity index (χ3v) is 13.9. The maximum atomic E-state index is 12.4. The first-order valence-corrected chi connectivity index (χ1v) is 20.3. The lowest BCUT2D eigenvalue weighted by Crippen LogP contribution is -2.41. The Balaban J connectivity index is 1.59. The van der Waals surface area contributed by atoms with E-state index in [0.717, 1.165) is 58.4 Å². The summed E-state index contributed by atoms with van der Waals surface area (Å²) in [6.07, 6.45) is 3.51. The Labute approximate surface area is 274 Å². The van der Waals surface area contributed by atoms with Crippen molar-refractivity contribution in [1.82, 2.24) is 10.3 Å². The lowest BCUT2D eigenvalue weighted by atomic mass is 10.0. The first-order valence-electron chi connectivity index (χ1n) is 15.9. The molecule has 4 rings (SSSR count). The number of carbonyl (C=O) groups excluding carboxylic acids is 1. The van der Waals surface area contributed by atoms with Gasteiger partial charge >= 0.3 is 5.97 Å². The highest BCUT2D eigenvalue weighted by Gasteiger charge is 2.33. The van der Waals surface area contributed by atoms with E-state index in [9.17, 15) is 13.2 Å². The van der Waals surface area contributed by atoms with Gasteiger partial charge in [-0.05, 0) is 66.4 Å². The SMILES string of the molecule is CC[Si](CC)(CC)O[C@H](CN[C@H](C)Cc1c[nH]c2c(C(=O)OC)cccc12)c1ccc(OCc2ccccc2)c(NS(C)(=O)=O)c1. The van der Waals surface area contributed by atoms with Crippen LogP contribution in [0.2, 0.25) is 18.1 Å². The fraction of sp³-hybridized carbons (Fsp3) is 0.400. The van der Waals surface area contributed by atoms with E-state index in [1.165, 1.54) is 7.11 Å². The number of rotatable bonds is 17. The quantitative estimate of drug-likeness (QED) is 0.0807. The number of aromatic amines is 1. The second-order valence-corrected chi connectivity index (χ2v) is 18.3. The van der Waals surface area contributed by atoms with Gasteiger partial charge in [-0.15, -0.1) is 0 Å². The number of anilines is 1. The van der Waals surface area contributed by atoms with Crippen LogP contribution in [0.25, 0.3) is 10.9 Å². The van der Waals surface area contributed by atoms with Crippen molar-refractivity contribution in [3.63, 3.8) is 0 Å². The fourth-order valence-electron chi connectivity index (χ4n) is 5.79. The Hall–Kier alpha value is -3.64. The number of sulfonamides is 1. The molecule has 4 aromatic rings. The summed E-state index contributed by atoms with van der Waals surface area (Å²) in [6.45, 7) is 9.56. The van der Waals surface area contributed by atoms with Gasteiger partial charge in [-0.3, -0.25) is 4.72 Å². The van der Waals surface area contributed by atoms with E-state index in [4.69, 9.17) is 13.9 Å². The summed E-state index contributed by atoms with van der Waals surface area (Å²) in [7, 11) is -4.24. The lowest BCUT2D eigenvalue weighted by molar-refractivity contribution is 0.0602. The highest BCUT2D eigenvalue weighted by atomic mass is 32.2. The minimum Gasteiger partial charge on any atom is -0.487 e. The molecule has 248 valence electrons. The van der Waals surface area contributed by atoms with Gasteiger partial charge in [-0.25, -0.2) is 13.2 Å². The molecule has 1 aromatic heterocycles. The predicted molar refractivity (Wildman–Crippen MR) is 188 cm³/mol. The van der Waals surface area contributed by atoms with Gasteiger partial charge in [0.1, 0.15) is 12.4 Å². The van der Waals surface area contributed by atoms with Gasteiger partial charge in [0.2, 0.25) is 10.0 Å². The van der Waals surface area contributed by atoms with Gasteiger partial charge in [0.25, 0.3) is 0 Å². The van der Waals surface area contributed by atoms with Crippen LogP contribution in [0.15, 0.2) is 72.9 Å². The van der Waals surface area contributed by atoms with E-state index in [0.29, 0.717) is 30.2 Å². The molecule has 0 saturated carbocycles. The van der Waals surface area contributed by atoms with Gasteiger partial charge < -0.3 is 24.2 Å². The van der Waals surface area contributed by atoms with Gasteiger partial charge in [-0.1, -0.05) is 69.3 Å². The van der Waals surface area contributed by atoms with Gasteiger partial charge in [0.05, 0.1) is 36.2 Å². The number of aromatic nitrogens is 1. The van der Waals surface area contributed by atoms with Gasteiger partial charge in [-0.2, -0.15) is 0 Å². The molecule has 3 N–H and O–H groups in total. The van der Waals surface area contributed by atoms with Crippen molar-refractivity contribution >= 4 is 40.9 Å². The highest BCUT2D eigenvalue weighted by Crippen LogP contribution is 2.35. The molecule has 0 amide bonds. The Kier molecular flexibility index (Phi) is 12.1. The molecule has 2 atom stereocenters. The molecule has 11 heteroatoms. The topological polar surface area (TPSA) is 119 Å². The number of nitrogens with one attached hydrogen (secondary N) is 3. The van der Waals surface area contributed by atoms with E-state index in [1.54, 1.807) is 6.07 Å². The van der Waals surface area contributed by atoms with Crippen molar-refractivity contribution < 1.29 is 27.1 Å². The minimum absolute atomic E-state index is 0.0786. The molecule has 0 radical (unpaired) electrons. The molecule has 9 nitrogen and oxygen atoms in total. The van der Waals surface area contributed by atoms with Crippen LogP contribution in [-0.2, 0) is 32.2 Å². The summed E-state index contributed by atoms with van der Waals surface area (Å²) in [5.74, 6) is 0.0792. The molecule has 0 bridgehead atoms. The van der Waals surface area contributed by atoms with Crippen molar-refractivity contribution in [3.05, 3.63) is 95.2 Å². The number of esters is 1. The summed E-state index contributed by atoms with van der Waals surface area (Å²) >= 11 is 0. The summed E-state index contributed by atoms with van der Waals surface area (Å²) in [6, 6.07) is 24.1. The third kappa shape index (κ3) is 9.00. The average molecular weight is 666 g/mol. The van der Waals surface area contributed by atoms with Crippen LogP contribution in [0, 0.1) is 0 Å². The maximum absolute atomic E-state index is 12.4. The average Bonchev–Trinajstić information content (AvgIpc) is 3.46. The zero-order valence-electron chi connectivity index (χ0n) is 27.7. The lowest BCUT2D eigenvalue weighted by Gasteiger charge is -2.34. The number of hydrogen-bond acceptors (Lipinski definition) is 7. The monoisotopic (exact) mass is 665 g/mol. The number of ether oxygens (including phenoxy) is 2. The summed E-state index contributed by atoms with van der Waals surface area (Å²) in [5, 5.41) is 4.67. The largest absolute Gasteiger partial charge is 0.487 e. The van der Waals surface area contributed by atoms with Gasteiger partial charge in [0.15, 0.2) is 8.32 Å². The zero-order valence-corrected chi connectivity index (χ0v) is 29.5. The summed E-state index contributed by atoms with van der Waals surface area (Å²) in [4.78, 5) is 15.5. The van der Waals surface area contributed by atoms with Gasteiger partial charge in [0, 0.05) is 24.2 Å². The first kappa shape index (κ1) is 35.2. The number of hydrogen-bond donors (Lipinski definition) is 3. The van der Waals surface area contributed by atoms with Crippen molar-refractivity contribution in [1.29, 1.82) is 0 Å². The van der Waals surface area contributed by atoms with E-state index < -0.39 is 18.3 Å². The van der Waals surface area contributed by atoms with Crippen LogP contribution in [0.1, 0.15) is 60.8 Å². The Morgan fingerprint density at radius 3 is 2.35 bits per heavy atom. The molecule has 46 heavy (non-hydrogen) atoms. The number of para-hydroxylation sites is 1. The molecule has 1 heterocycles. The molecule has 0 unspecified atom stereocenters. The number of fused-ring (bicyclic) bond motifs is 1. The van der Waals surface area contributed by atoms with Crippen molar-refractivity contribution in [2.45, 2.75) is 71.0 Å². The maximum Gasteiger partial charge on any atom is 0.339 e. The molecule has 0 aliphatic carbocycles. The Morgan fingerprint density at radius 1 is 0.978 bits per heavy atom. The molecule has 0 aliphatic rings. The van der Waals surface area contributed by atoms with Crippen LogP contribution < -0.4 is 14.8 Å². The van der Waals surface area contributed by atoms with E-state index in [2.05, 4.69) is 42.7 Å². The second kappa shape index (κ2) is 15.8. The number of methoxy groups -OCH3 is 1. The second-order valence-electron chi connectivity index (χ2n) is 11.8. The van der Waals surface area contributed by atoms with Crippen molar-refractivity contribution in [3.8, 4) is 5.75 Å². The molecule has 0 aliphatic heterocycles. The van der Waals surface area contributed by atoms with Crippen LogP contribution in [0.4, 0.5) is 5.69 Å². The molecule has 0 spiro atoms. The Bertz CT molecular complexity index is 1700. The van der Waals surface area contributed by atoms with Crippen LogP contribution >= 0.6 is 0 Å². The van der Waals surface area contributed by atoms with Crippen molar-refractivity contribution in [2.75, 3.05) is 24.6 Å². The summed E-state index contributed by atoms with van der Waals surface area (Å²) in [5.41, 5.74) is 4.61. The van der Waals surface area contributed by atoms with Crippen molar-refractivity contribution in [2.24, 2.45) is 0 Å². The Morgan fingerprint density at radius 2 is 1.70 bits per heavy atom. The third-order valence-electron chi connectivity index (χ3n) is 8.62. The fourth-order valence-corrected chi connectivity index (χ4v) is 9.17. The highest BCUT2D eigenvalue weighted by molar-refractivity contribution is 7.92. The number of H-pyrrole nitrogens is 1. The van der Waals surface area contributed by atoms with Crippen LogP contribution in [-0.4, -0.2) is 53.6 Å². The van der Waals surface area contributed by atoms with E-state index in [1.807, 2.05) is 66.9 Å². The first-order chi connectivity index (χ1) is 22.0. The van der Waals surface area contributed by atoms with Crippen LogP contribution in [0.3, 0.4) is 0 Å². The predicted octanol–water partition coefficient (Wildman–Crippen LogP) is 7.19. The molecule has 0 saturated heterocycles. The normalized spacial score (nSPS) is 13.3. The van der Waals surface area contributed by atoms with E-state index in [-0.39, 0.29) is 18.1 Å². The summed E-state index contributed by atoms with van der Waals surface area (Å²) < 4.78 is 45.5. The molecule has 0 fully saturated rings. The van der Waals surface area contributed by atoms with E-state index >= 15 is 0 Å². The molecular weight excluding hydrogens is 619 g/mol. The molecule has 3 aromatic carbocycles. The molecular formula is C35H47N3O6SSi. The number of carbonyl (C=O) groups is 1. The standard InChI is InChI=1S/C35H47N3O6SSi/c1-7-46(8-2,9-3)44-33(23-36-25(4)20-28-22-37-34-29(28)16-13-17-30(34)35(39)42-5)27-18-19-32(31(21-27)38-45(6,40)41)43-24-26-14-11-10-12-15-26/h10-19,21-22,25,33,36-38H,7-9,20,23-24H2,1-6H3/t25-,33-/m1/s1. The number of benzene rings is 3. The minimum atomic E-state index is -3.57. The zero-order chi connectivity index (χ0) is 33.3. The smallest absolute Gasteiger partial charge is 0.339 e. The van der Waals surface area contributed by atoms with Crippen LogP contribution in [0.5, 0.6) is 5.75 Å².